The molecule has 0 aromatic heterocycles. The summed E-state index contributed by atoms with van der Waals surface area (Å²) in [6.07, 6.45) is 3.38. The minimum atomic E-state index is -0.131. The molecule has 0 amide bonds. The Morgan fingerprint density at radius 2 is 2.44 bits per heavy atom. The zero-order chi connectivity index (χ0) is 6.85. The summed E-state index contributed by atoms with van der Waals surface area (Å²) < 4.78 is 0. The maximum atomic E-state index is 10.5. The first-order valence-electron chi connectivity index (χ1n) is 3.45. The van der Waals surface area contributed by atoms with Crippen LogP contribution >= 0.6 is 11.6 Å². The van der Waals surface area contributed by atoms with E-state index < -0.39 is 0 Å². The van der Waals surface area contributed by atoms with Crippen LogP contribution in [-0.4, -0.2) is 5.24 Å². The Morgan fingerprint density at radius 1 is 1.78 bits per heavy atom. The summed E-state index contributed by atoms with van der Waals surface area (Å²) in [6, 6.07) is 0. The van der Waals surface area contributed by atoms with Gasteiger partial charge in [0.15, 0.2) is 0 Å². The standard InChI is InChI=1S/C7H11ClO/c1-2-3-5-4-6(5)7(8)9/h5-6H,2-4H2,1H3. The van der Waals surface area contributed by atoms with Crippen molar-refractivity contribution < 1.29 is 4.79 Å². The second kappa shape index (κ2) is 2.70. The van der Waals surface area contributed by atoms with Crippen molar-refractivity contribution in [2.24, 2.45) is 11.8 Å². The van der Waals surface area contributed by atoms with Crippen molar-refractivity contribution in [3.8, 4) is 0 Å². The predicted octanol–water partition coefficient (Wildman–Crippen LogP) is 2.19. The van der Waals surface area contributed by atoms with Crippen molar-refractivity contribution in [1.82, 2.24) is 0 Å². The van der Waals surface area contributed by atoms with Gasteiger partial charge in [-0.1, -0.05) is 13.3 Å². The van der Waals surface area contributed by atoms with E-state index in [0.717, 1.165) is 6.42 Å². The monoisotopic (exact) mass is 146 g/mol. The van der Waals surface area contributed by atoms with Crippen molar-refractivity contribution in [1.29, 1.82) is 0 Å². The summed E-state index contributed by atoms with van der Waals surface area (Å²) in [6.45, 7) is 2.13. The molecule has 1 aliphatic carbocycles. The Labute approximate surface area is 60.4 Å². The maximum Gasteiger partial charge on any atom is 0.225 e. The van der Waals surface area contributed by atoms with Gasteiger partial charge < -0.3 is 0 Å². The quantitative estimate of drug-likeness (QED) is 0.558. The highest BCUT2D eigenvalue weighted by atomic mass is 35.5. The topological polar surface area (TPSA) is 17.1 Å². The molecule has 9 heavy (non-hydrogen) atoms. The highest BCUT2D eigenvalue weighted by Crippen LogP contribution is 2.43. The van der Waals surface area contributed by atoms with Crippen molar-refractivity contribution in [3.63, 3.8) is 0 Å². The minimum absolute atomic E-state index is 0.131. The lowest BCUT2D eigenvalue weighted by atomic mass is 10.2. The van der Waals surface area contributed by atoms with Crippen LogP contribution in [0.1, 0.15) is 26.2 Å². The highest BCUT2D eigenvalue weighted by molar-refractivity contribution is 6.64. The lowest BCUT2D eigenvalue weighted by molar-refractivity contribution is -0.113. The molecule has 0 saturated heterocycles. The van der Waals surface area contributed by atoms with Crippen molar-refractivity contribution in [2.45, 2.75) is 26.2 Å². The van der Waals surface area contributed by atoms with E-state index in [4.69, 9.17) is 11.6 Å². The van der Waals surface area contributed by atoms with Gasteiger partial charge in [-0.15, -0.1) is 0 Å². The summed E-state index contributed by atoms with van der Waals surface area (Å²) in [5.41, 5.74) is 0. The molecule has 0 aromatic carbocycles. The van der Waals surface area contributed by atoms with Crippen LogP contribution in [0.15, 0.2) is 0 Å². The second-order valence-corrected chi connectivity index (χ2v) is 3.07. The molecule has 1 saturated carbocycles. The third-order valence-electron chi connectivity index (χ3n) is 1.87. The van der Waals surface area contributed by atoms with E-state index >= 15 is 0 Å². The fourth-order valence-electron chi connectivity index (χ4n) is 1.22. The minimum Gasteiger partial charge on any atom is -0.281 e. The number of hydrogen-bond acceptors (Lipinski definition) is 1. The van der Waals surface area contributed by atoms with Gasteiger partial charge in [0.05, 0.1) is 0 Å². The normalized spacial score (nSPS) is 32.2. The van der Waals surface area contributed by atoms with Gasteiger partial charge in [-0.3, -0.25) is 4.79 Å². The van der Waals surface area contributed by atoms with Crippen LogP contribution in [0.25, 0.3) is 0 Å². The Bertz CT molecular complexity index is 122. The van der Waals surface area contributed by atoms with Crippen LogP contribution in [0, 0.1) is 11.8 Å². The van der Waals surface area contributed by atoms with Gasteiger partial charge in [0.2, 0.25) is 5.24 Å². The van der Waals surface area contributed by atoms with Crippen LogP contribution in [-0.2, 0) is 4.79 Å². The molecule has 1 aliphatic rings. The zero-order valence-corrected chi connectivity index (χ0v) is 6.32. The maximum absolute atomic E-state index is 10.5. The third-order valence-corrected chi connectivity index (χ3v) is 2.15. The van der Waals surface area contributed by atoms with Crippen LogP contribution in [0.5, 0.6) is 0 Å². The molecule has 1 rings (SSSR count). The first-order valence-corrected chi connectivity index (χ1v) is 3.82. The Morgan fingerprint density at radius 3 is 2.78 bits per heavy atom. The van der Waals surface area contributed by atoms with Gasteiger partial charge in [0.1, 0.15) is 0 Å². The van der Waals surface area contributed by atoms with E-state index in [0.29, 0.717) is 5.92 Å². The molecule has 0 bridgehead atoms. The van der Waals surface area contributed by atoms with E-state index in [9.17, 15) is 4.79 Å². The zero-order valence-electron chi connectivity index (χ0n) is 5.56. The molecule has 2 unspecified atom stereocenters. The molecule has 1 nitrogen and oxygen atoms in total. The molecule has 0 spiro atoms. The number of carbonyl (C=O) groups is 1. The van der Waals surface area contributed by atoms with E-state index in [1.165, 1.54) is 12.8 Å². The highest BCUT2D eigenvalue weighted by Gasteiger charge is 2.40. The van der Waals surface area contributed by atoms with E-state index in [-0.39, 0.29) is 11.2 Å². The largest absolute Gasteiger partial charge is 0.281 e. The fraction of sp³-hybridized carbons (Fsp3) is 0.857. The van der Waals surface area contributed by atoms with E-state index in [1.54, 1.807) is 0 Å². The molecular weight excluding hydrogens is 136 g/mol. The van der Waals surface area contributed by atoms with Gasteiger partial charge in [0.25, 0.3) is 0 Å². The van der Waals surface area contributed by atoms with E-state index in [1.807, 2.05) is 0 Å². The average Bonchev–Trinajstić information content (AvgIpc) is 2.47. The molecule has 2 heteroatoms. The molecule has 2 atom stereocenters. The van der Waals surface area contributed by atoms with Gasteiger partial charge >= 0.3 is 0 Å². The molecule has 52 valence electrons. The van der Waals surface area contributed by atoms with Crippen LogP contribution in [0.3, 0.4) is 0 Å². The second-order valence-electron chi connectivity index (χ2n) is 2.70. The fourth-order valence-corrected chi connectivity index (χ4v) is 1.48. The summed E-state index contributed by atoms with van der Waals surface area (Å²) in [7, 11) is 0. The first-order chi connectivity index (χ1) is 4.25. The van der Waals surface area contributed by atoms with Crippen LogP contribution in [0.4, 0.5) is 0 Å². The van der Waals surface area contributed by atoms with Gasteiger partial charge in [-0.05, 0) is 30.4 Å². The van der Waals surface area contributed by atoms with Crippen molar-refractivity contribution in [3.05, 3.63) is 0 Å². The van der Waals surface area contributed by atoms with Crippen LogP contribution in [0.2, 0.25) is 0 Å². The number of hydrogen-bond donors (Lipinski definition) is 0. The molecule has 0 aromatic rings. The SMILES string of the molecule is CCCC1CC1C(=O)Cl. The smallest absolute Gasteiger partial charge is 0.225 e. The number of carbonyl (C=O) groups excluding carboxylic acids is 1. The lowest BCUT2D eigenvalue weighted by Crippen LogP contribution is -1.90. The summed E-state index contributed by atoms with van der Waals surface area (Å²) in [5.74, 6) is 0.839. The number of rotatable bonds is 3. The lowest BCUT2D eigenvalue weighted by Gasteiger charge is -1.88. The third kappa shape index (κ3) is 1.68. The summed E-state index contributed by atoms with van der Waals surface area (Å²) in [5, 5.41) is -0.131. The first kappa shape index (κ1) is 7.07. The Balaban J connectivity index is 2.17. The number of halogens is 1. The van der Waals surface area contributed by atoms with Crippen molar-refractivity contribution >= 4 is 16.8 Å². The molecule has 0 radical (unpaired) electrons. The molecule has 1 fully saturated rings. The van der Waals surface area contributed by atoms with Gasteiger partial charge in [0, 0.05) is 5.92 Å². The molecule has 0 aliphatic heterocycles. The molecule has 0 N–H and O–H groups in total. The van der Waals surface area contributed by atoms with Gasteiger partial charge in [-0.2, -0.15) is 0 Å². The summed E-state index contributed by atoms with van der Waals surface area (Å²) >= 11 is 5.27. The van der Waals surface area contributed by atoms with Crippen LogP contribution < -0.4 is 0 Å². The van der Waals surface area contributed by atoms with E-state index in [2.05, 4.69) is 6.92 Å². The molecule has 0 heterocycles. The Hall–Kier alpha value is -0.0400. The summed E-state index contributed by atoms with van der Waals surface area (Å²) in [4.78, 5) is 10.5. The van der Waals surface area contributed by atoms with Gasteiger partial charge in [-0.25, -0.2) is 0 Å². The molecular formula is C7H11ClO. The van der Waals surface area contributed by atoms with Crippen molar-refractivity contribution in [2.75, 3.05) is 0 Å². The average molecular weight is 147 g/mol. The predicted molar refractivity (Wildman–Crippen MR) is 37.4 cm³/mol. The Kier molecular flexibility index (Phi) is 2.12.